The van der Waals surface area contributed by atoms with Crippen LogP contribution in [0, 0.1) is 11.6 Å². The average molecular weight is 325 g/mol. The molecule has 0 unspecified atom stereocenters. The molecule has 112 valence electrons. The van der Waals surface area contributed by atoms with Gasteiger partial charge in [-0.3, -0.25) is 4.72 Å². The number of nitrogens with one attached hydrogen (secondary N) is 2. The maximum atomic E-state index is 13.5. The van der Waals surface area contributed by atoms with Crippen LogP contribution in [0.25, 0.3) is 0 Å². The number of hydrogen-bond donors (Lipinski definition) is 2. The Bertz CT molecular complexity index is 568. The van der Waals surface area contributed by atoms with Crippen LogP contribution >= 0.6 is 11.6 Å². The summed E-state index contributed by atoms with van der Waals surface area (Å²) < 4.78 is 52.0. The molecule has 1 aromatic rings. The third-order valence-corrected chi connectivity index (χ3v) is 4.50. The zero-order valence-electron chi connectivity index (χ0n) is 10.6. The lowest BCUT2D eigenvalue weighted by molar-refractivity contribution is 0.581. The summed E-state index contributed by atoms with van der Waals surface area (Å²) >= 11 is 5.63. The zero-order chi connectivity index (χ0) is 14.8. The third-order valence-electron chi connectivity index (χ3n) is 2.86. The van der Waals surface area contributed by atoms with Gasteiger partial charge in [0.15, 0.2) is 5.82 Å². The molecule has 4 nitrogen and oxygen atoms in total. The Morgan fingerprint density at radius 3 is 2.60 bits per heavy atom. The van der Waals surface area contributed by atoms with E-state index in [1.165, 1.54) is 0 Å². The van der Waals surface area contributed by atoms with Crippen LogP contribution in [0.5, 0.6) is 0 Å². The SMILES string of the molecule is O=S(=O)(CCCNC1CC1)Nc1c(F)cc(F)cc1Cl. The molecule has 8 heteroatoms. The lowest BCUT2D eigenvalue weighted by Crippen LogP contribution is -2.23. The van der Waals surface area contributed by atoms with Crippen molar-refractivity contribution in [1.82, 2.24) is 5.32 Å². The highest BCUT2D eigenvalue weighted by Gasteiger charge is 2.21. The minimum atomic E-state index is -3.71. The van der Waals surface area contributed by atoms with E-state index in [0.29, 0.717) is 25.1 Å². The predicted octanol–water partition coefficient (Wildman–Crippen LogP) is 2.50. The molecule has 20 heavy (non-hydrogen) atoms. The van der Waals surface area contributed by atoms with Crippen LogP contribution in [-0.4, -0.2) is 26.8 Å². The van der Waals surface area contributed by atoms with Crippen molar-refractivity contribution < 1.29 is 17.2 Å². The minimum Gasteiger partial charge on any atom is -0.314 e. The van der Waals surface area contributed by atoms with Crippen LogP contribution in [0.2, 0.25) is 5.02 Å². The van der Waals surface area contributed by atoms with Crippen LogP contribution in [-0.2, 0) is 10.0 Å². The Labute approximate surface area is 121 Å². The normalized spacial score (nSPS) is 15.3. The van der Waals surface area contributed by atoms with Crippen LogP contribution in [0.1, 0.15) is 19.3 Å². The van der Waals surface area contributed by atoms with Gasteiger partial charge in [-0.2, -0.15) is 0 Å². The molecule has 0 saturated heterocycles. The molecule has 0 atom stereocenters. The van der Waals surface area contributed by atoms with Crippen molar-refractivity contribution in [3.63, 3.8) is 0 Å². The zero-order valence-corrected chi connectivity index (χ0v) is 12.2. The van der Waals surface area contributed by atoms with Gasteiger partial charge >= 0.3 is 0 Å². The molecule has 1 aliphatic carbocycles. The van der Waals surface area contributed by atoms with E-state index in [9.17, 15) is 17.2 Å². The van der Waals surface area contributed by atoms with Crippen molar-refractivity contribution in [3.05, 3.63) is 28.8 Å². The largest absolute Gasteiger partial charge is 0.314 e. The molecule has 0 spiro atoms. The molecule has 0 bridgehead atoms. The maximum Gasteiger partial charge on any atom is 0.232 e. The second-order valence-electron chi connectivity index (χ2n) is 4.75. The highest BCUT2D eigenvalue weighted by Crippen LogP contribution is 2.27. The van der Waals surface area contributed by atoms with Crippen molar-refractivity contribution in [2.75, 3.05) is 17.0 Å². The monoisotopic (exact) mass is 324 g/mol. The van der Waals surface area contributed by atoms with E-state index in [-0.39, 0.29) is 10.8 Å². The minimum absolute atomic E-state index is 0.153. The summed E-state index contributed by atoms with van der Waals surface area (Å²) in [5, 5.41) is 2.88. The Morgan fingerprint density at radius 2 is 2.00 bits per heavy atom. The van der Waals surface area contributed by atoms with Crippen molar-refractivity contribution in [3.8, 4) is 0 Å². The molecule has 2 rings (SSSR count). The van der Waals surface area contributed by atoms with Gasteiger partial charge < -0.3 is 5.32 Å². The fraction of sp³-hybridized carbons (Fsp3) is 0.500. The first kappa shape index (κ1) is 15.5. The van der Waals surface area contributed by atoms with Crippen LogP contribution in [0.3, 0.4) is 0 Å². The molecule has 1 aliphatic rings. The third kappa shape index (κ3) is 4.57. The van der Waals surface area contributed by atoms with E-state index >= 15 is 0 Å². The molecule has 1 aromatic carbocycles. The van der Waals surface area contributed by atoms with Crippen molar-refractivity contribution in [2.45, 2.75) is 25.3 Å². The number of anilines is 1. The highest BCUT2D eigenvalue weighted by atomic mass is 35.5. The van der Waals surface area contributed by atoms with Crippen molar-refractivity contribution in [2.24, 2.45) is 0 Å². The van der Waals surface area contributed by atoms with Gasteiger partial charge in [0.2, 0.25) is 10.0 Å². The number of rotatable bonds is 7. The molecule has 0 aromatic heterocycles. The Morgan fingerprint density at radius 1 is 1.30 bits per heavy atom. The Kier molecular flexibility index (Phi) is 4.82. The molecule has 1 saturated carbocycles. The molecule has 1 fully saturated rings. The van der Waals surface area contributed by atoms with E-state index in [4.69, 9.17) is 11.6 Å². The predicted molar refractivity (Wildman–Crippen MR) is 74.4 cm³/mol. The topological polar surface area (TPSA) is 58.2 Å². The van der Waals surface area contributed by atoms with Crippen molar-refractivity contribution in [1.29, 1.82) is 0 Å². The second-order valence-corrected chi connectivity index (χ2v) is 7.00. The number of sulfonamides is 1. The summed E-state index contributed by atoms with van der Waals surface area (Å²) in [6.07, 6.45) is 2.66. The molecular weight excluding hydrogens is 310 g/mol. The van der Waals surface area contributed by atoms with E-state index in [1.54, 1.807) is 0 Å². The standard InChI is InChI=1S/C12H15ClF2N2O2S/c13-10-6-8(14)7-11(15)12(10)17-20(18,19)5-1-4-16-9-2-3-9/h6-7,9,16-17H,1-5H2. The average Bonchev–Trinajstić information content (AvgIpc) is 3.13. The molecule has 0 radical (unpaired) electrons. The molecule has 2 N–H and O–H groups in total. The van der Waals surface area contributed by atoms with E-state index in [1.807, 2.05) is 0 Å². The van der Waals surface area contributed by atoms with Crippen LogP contribution in [0.4, 0.5) is 14.5 Å². The number of halogens is 3. The maximum absolute atomic E-state index is 13.5. The van der Waals surface area contributed by atoms with Crippen LogP contribution in [0.15, 0.2) is 12.1 Å². The first-order chi connectivity index (χ1) is 9.37. The van der Waals surface area contributed by atoms with Gasteiger partial charge in [0.05, 0.1) is 10.8 Å². The van der Waals surface area contributed by atoms with Gasteiger partial charge in [-0.1, -0.05) is 11.6 Å². The van der Waals surface area contributed by atoms with E-state index in [0.717, 1.165) is 18.9 Å². The van der Waals surface area contributed by atoms with Crippen molar-refractivity contribution >= 4 is 27.3 Å². The van der Waals surface area contributed by atoms with Gasteiger partial charge in [-0.15, -0.1) is 0 Å². The van der Waals surface area contributed by atoms with Gasteiger partial charge in [-0.05, 0) is 31.9 Å². The van der Waals surface area contributed by atoms with Gasteiger partial charge in [0, 0.05) is 12.1 Å². The summed E-state index contributed by atoms with van der Waals surface area (Å²) in [4.78, 5) is 0. The van der Waals surface area contributed by atoms with E-state index in [2.05, 4.69) is 10.0 Å². The highest BCUT2D eigenvalue weighted by molar-refractivity contribution is 7.92. The summed E-state index contributed by atoms with van der Waals surface area (Å²) in [5.74, 6) is -2.04. The smallest absolute Gasteiger partial charge is 0.232 e. The summed E-state index contributed by atoms with van der Waals surface area (Å²) in [6.45, 7) is 0.589. The quantitative estimate of drug-likeness (QED) is 0.758. The Hall–Kier alpha value is -0.920. The number of hydrogen-bond acceptors (Lipinski definition) is 3. The summed E-state index contributed by atoms with van der Waals surface area (Å²) in [7, 11) is -3.71. The van der Waals surface area contributed by atoms with Gasteiger partial charge in [-0.25, -0.2) is 17.2 Å². The summed E-state index contributed by atoms with van der Waals surface area (Å²) in [5.41, 5.74) is -0.414. The Balaban J connectivity index is 1.93. The first-order valence-electron chi connectivity index (χ1n) is 6.26. The lowest BCUT2D eigenvalue weighted by Gasteiger charge is -2.11. The van der Waals surface area contributed by atoms with E-state index < -0.39 is 27.3 Å². The van der Waals surface area contributed by atoms with Gasteiger partial charge in [0.1, 0.15) is 11.5 Å². The van der Waals surface area contributed by atoms with Crippen LogP contribution < -0.4 is 10.0 Å². The summed E-state index contributed by atoms with van der Waals surface area (Å²) in [6, 6.07) is 1.95. The molecule has 0 heterocycles. The molecular formula is C12H15ClF2N2O2S. The number of benzene rings is 1. The first-order valence-corrected chi connectivity index (χ1v) is 8.29. The second kappa shape index (κ2) is 6.24. The van der Waals surface area contributed by atoms with Gasteiger partial charge in [0.25, 0.3) is 0 Å². The fourth-order valence-electron chi connectivity index (χ4n) is 1.70. The fourth-order valence-corrected chi connectivity index (χ4v) is 3.14. The molecule has 0 amide bonds. The lowest BCUT2D eigenvalue weighted by atomic mass is 10.3. The molecule has 0 aliphatic heterocycles.